The normalized spacial score (nSPS) is 11.2. The van der Waals surface area contributed by atoms with Crippen molar-refractivity contribution in [1.29, 1.82) is 0 Å². The minimum absolute atomic E-state index is 0.00248. The third-order valence-electron chi connectivity index (χ3n) is 2.64. The van der Waals surface area contributed by atoms with Gasteiger partial charge in [0, 0.05) is 23.9 Å². The van der Waals surface area contributed by atoms with Gasteiger partial charge in [0.15, 0.2) is 0 Å². The molecule has 1 aromatic heterocycles. The fourth-order valence-electron chi connectivity index (χ4n) is 1.39. The zero-order valence-corrected chi connectivity index (χ0v) is 12.0. The molecule has 0 aliphatic rings. The first kappa shape index (κ1) is 15.2. The number of anilines is 1. The van der Waals surface area contributed by atoms with E-state index in [4.69, 9.17) is 0 Å². The van der Waals surface area contributed by atoms with E-state index in [1.165, 1.54) is 0 Å². The molecule has 0 spiro atoms. The van der Waals surface area contributed by atoms with Crippen molar-refractivity contribution in [3.63, 3.8) is 0 Å². The number of carbonyl (C=O) groups excluding carboxylic acids is 2. The molecule has 0 atom stereocenters. The molecule has 0 aliphatic heterocycles. The van der Waals surface area contributed by atoms with Crippen molar-refractivity contribution in [2.24, 2.45) is 5.41 Å². The van der Waals surface area contributed by atoms with Gasteiger partial charge < -0.3 is 10.6 Å². The van der Waals surface area contributed by atoms with Gasteiger partial charge in [0.2, 0.25) is 11.8 Å². The van der Waals surface area contributed by atoms with Crippen molar-refractivity contribution in [3.05, 3.63) is 11.8 Å². The fraction of sp³-hybridized carbons (Fsp3) is 0.615. The third-order valence-corrected chi connectivity index (χ3v) is 2.64. The number of rotatable bonds is 5. The van der Waals surface area contributed by atoms with Gasteiger partial charge >= 0.3 is 0 Å². The van der Waals surface area contributed by atoms with Crippen molar-refractivity contribution < 1.29 is 9.59 Å². The van der Waals surface area contributed by atoms with E-state index in [1.807, 2.05) is 27.7 Å². The van der Waals surface area contributed by atoms with Crippen LogP contribution in [0.15, 0.2) is 6.20 Å². The monoisotopic (exact) mass is 266 g/mol. The highest BCUT2D eigenvalue weighted by Crippen LogP contribution is 2.12. The topological polar surface area (TPSA) is 86.9 Å². The zero-order valence-electron chi connectivity index (χ0n) is 12.0. The summed E-state index contributed by atoms with van der Waals surface area (Å²) in [4.78, 5) is 23.2. The summed E-state index contributed by atoms with van der Waals surface area (Å²) >= 11 is 0. The Hall–Kier alpha value is -1.85. The van der Waals surface area contributed by atoms with Crippen LogP contribution >= 0.6 is 0 Å². The molecular formula is C13H22N4O2. The molecule has 6 nitrogen and oxygen atoms in total. The van der Waals surface area contributed by atoms with Crippen LogP contribution in [0.4, 0.5) is 5.82 Å². The van der Waals surface area contributed by atoms with Gasteiger partial charge in [-0.25, -0.2) is 0 Å². The second kappa shape index (κ2) is 6.36. The lowest BCUT2D eigenvalue weighted by molar-refractivity contribution is -0.128. The van der Waals surface area contributed by atoms with E-state index >= 15 is 0 Å². The molecule has 106 valence electrons. The second-order valence-corrected chi connectivity index (χ2v) is 5.59. The van der Waals surface area contributed by atoms with Crippen LogP contribution in [0, 0.1) is 12.3 Å². The van der Waals surface area contributed by atoms with Crippen LogP contribution < -0.4 is 10.6 Å². The first-order chi connectivity index (χ1) is 8.80. The molecule has 0 aliphatic carbocycles. The number of nitrogens with zero attached hydrogens (tertiary/aromatic N) is 1. The summed E-state index contributed by atoms with van der Waals surface area (Å²) in [5.41, 5.74) is 0.504. The summed E-state index contributed by atoms with van der Waals surface area (Å²) in [6, 6.07) is 0. The van der Waals surface area contributed by atoms with Gasteiger partial charge in [-0.1, -0.05) is 20.8 Å². The molecule has 6 heteroatoms. The van der Waals surface area contributed by atoms with Crippen LogP contribution in [0.5, 0.6) is 0 Å². The SMILES string of the molecule is Cc1cn[nH]c1NC(=O)CCCNC(=O)C(C)(C)C. The van der Waals surface area contributed by atoms with E-state index in [2.05, 4.69) is 20.8 Å². The summed E-state index contributed by atoms with van der Waals surface area (Å²) in [6.07, 6.45) is 2.63. The Bertz CT molecular complexity index is 446. The molecule has 3 N–H and O–H groups in total. The van der Waals surface area contributed by atoms with Gasteiger partial charge in [-0.3, -0.25) is 14.7 Å². The largest absolute Gasteiger partial charge is 0.356 e. The van der Waals surface area contributed by atoms with Gasteiger partial charge in [0.05, 0.1) is 6.20 Å². The standard InChI is InChI=1S/C13H22N4O2/c1-9-8-15-17-11(9)16-10(18)6-5-7-14-12(19)13(2,3)4/h8H,5-7H2,1-4H3,(H,14,19)(H2,15,16,17,18). The van der Waals surface area contributed by atoms with Crippen molar-refractivity contribution in [3.8, 4) is 0 Å². The Kier molecular flexibility index (Phi) is 5.09. The Labute approximate surface area is 113 Å². The lowest BCUT2D eigenvalue weighted by Crippen LogP contribution is -2.35. The minimum Gasteiger partial charge on any atom is -0.356 e. The Balaban J connectivity index is 2.22. The molecule has 0 saturated heterocycles. The molecule has 1 heterocycles. The molecular weight excluding hydrogens is 244 g/mol. The predicted molar refractivity (Wildman–Crippen MR) is 73.7 cm³/mol. The average molecular weight is 266 g/mol. The van der Waals surface area contributed by atoms with E-state index in [0.29, 0.717) is 25.2 Å². The summed E-state index contributed by atoms with van der Waals surface area (Å²) in [7, 11) is 0. The summed E-state index contributed by atoms with van der Waals surface area (Å²) in [6.45, 7) is 7.94. The lowest BCUT2D eigenvalue weighted by Gasteiger charge is -2.17. The van der Waals surface area contributed by atoms with E-state index in [-0.39, 0.29) is 11.8 Å². The van der Waals surface area contributed by atoms with Crippen molar-refractivity contribution in [1.82, 2.24) is 15.5 Å². The van der Waals surface area contributed by atoms with E-state index < -0.39 is 5.41 Å². The molecule has 0 unspecified atom stereocenters. The number of aryl methyl sites for hydroxylation is 1. The summed E-state index contributed by atoms with van der Waals surface area (Å²) in [5.74, 6) is 0.540. The molecule has 19 heavy (non-hydrogen) atoms. The van der Waals surface area contributed by atoms with Crippen LogP contribution in [-0.2, 0) is 9.59 Å². The van der Waals surface area contributed by atoms with Crippen LogP contribution in [0.1, 0.15) is 39.2 Å². The van der Waals surface area contributed by atoms with Crippen molar-refractivity contribution in [2.75, 3.05) is 11.9 Å². The second-order valence-electron chi connectivity index (χ2n) is 5.59. The van der Waals surface area contributed by atoms with Gasteiger partial charge in [-0.2, -0.15) is 5.10 Å². The molecule has 0 aromatic carbocycles. The van der Waals surface area contributed by atoms with Crippen LogP contribution in [-0.4, -0.2) is 28.6 Å². The minimum atomic E-state index is -0.394. The van der Waals surface area contributed by atoms with Gasteiger partial charge in [-0.15, -0.1) is 0 Å². The number of carbonyl (C=O) groups is 2. The quantitative estimate of drug-likeness (QED) is 0.707. The summed E-state index contributed by atoms with van der Waals surface area (Å²) < 4.78 is 0. The average Bonchev–Trinajstić information content (AvgIpc) is 2.69. The smallest absolute Gasteiger partial charge is 0.225 e. The Morgan fingerprint density at radius 1 is 1.37 bits per heavy atom. The Morgan fingerprint density at radius 2 is 2.05 bits per heavy atom. The highest BCUT2D eigenvalue weighted by molar-refractivity contribution is 5.90. The first-order valence-corrected chi connectivity index (χ1v) is 6.39. The number of hydrogen-bond donors (Lipinski definition) is 3. The molecule has 1 rings (SSSR count). The molecule has 0 saturated carbocycles. The number of aromatic nitrogens is 2. The van der Waals surface area contributed by atoms with Crippen molar-refractivity contribution >= 4 is 17.6 Å². The van der Waals surface area contributed by atoms with Gasteiger partial charge in [0.25, 0.3) is 0 Å². The predicted octanol–water partition coefficient (Wildman–Crippen LogP) is 1.60. The lowest BCUT2D eigenvalue weighted by atomic mass is 9.96. The third kappa shape index (κ3) is 5.11. The molecule has 2 amide bonds. The molecule has 0 radical (unpaired) electrons. The fourth-order valence-corrected chi connectivity index (χ4v) is 1.39. The number of aromatic amines is 1. The maximum absolute atomic E-state index is 11.6. The van der Waals surface area contributed by atoms with Crippen LogP contribution in [0.3, 0.4) is 0 Å². The number of H-pyrrole nitrogens is 1. The van der Waals surface area contributed by atoms with Gasteiger partial charge in [-0.05, 0) is 13.3 Å². The first-order valence-electron chi connectivity index (χ1n) is 6.39. The van der Waals surface area contributed by atoms with Crippen molar-refractivity contribution in [2.45, 2.75) is 40.5 Å². The highest BCUT2D eigenvalue weighted by Gasteiger charge is 2.20. The molecule has 1 aromatic rings. The maximum Gasteiger partial charge on any atom is 0.225 e. The zero-order chi connectivity index (χ0) is 14.5. The number of nitrogens with one attached hydrogen (secondary N) is 3. The van der Waals surface area contributed by atoms with E-state index in [0.717, 1.165) is 5.56 Å². The highest BCUT2D eigenvalue weighted by atomic mass is 16.2. The molecule has 0 fully saturated rings. The van der Waals surface area contributed by atoms with Gasteiger partial charge in [0.1, 0.15) is 5.82 Å². The number of hydrogen-bond acceptors (Lipinski definition) is 3. The van der Waals surface area contributed by atoms with Crippen LogP contribution in [0.2, 0.25) is 0 Å². The van der Waals surface area contributed by atoms with Crippen LogP contribution in [0.25, 0.3) is 0 Å². The molecule has 0 bridgehead atoms. The Morgan fingerprint density at radius 3 is 2.58 bits per heavy atom. The van der Waals surface area contributed by atoms with E-state index in [9.17, 15) is 9.59 Å². The van der Waals surface area contributed by atoms with E-state index in [1.54, 1.807) is 6.20 Å². The maximum atomic E-state index is 11.6. The summed E-state index contributed by atoms with van der Waals surface area (Å²) in [5, 5.41) is 12.1. The number of amides is 2.